The standard InChI is InChI=1S/C10H8ClN3O5.C10H9ClN2O3/c1-13-8-4(3-5(11)9(12-8)19-2)7(15)6(10(13)16)14(17)18;1-13-8(15)4-7(14)5-3-6(11)10(16-2)12-9(5)13/h3,6H,1-2H3;3H,4H2,1-2H3. The predicted octanol–water partition coefficient (Wildman–Crippen LogP) is 1.84. The van der Waals surface area contributed by atoms with Gasteiger partial charge in [-0.25, -0.2) is 0 Å². The fourth-order valence-corrected chi connectivity index (χ4v) is 3.77. The summed E-state index contributed by atoms with van der Waals surface area (Å²) in [4.78, 5) is 66.9. The van der Waals surface area contributed by atoms with Crippen molar-refractivity contribution >= 4 is 58.2 Å². The van der Waals surface area contributed by atoms with Crippen molar-refractivity contribution in [1.82, 2.24) is 9.97 Å². The quantitative estimate of drug-likeness (QED) is 0.328. The monoisotopic (exact) mass is 525 g/mol. The van der Waals surface area contributed by atoms with E-state index in [2.05, 4.69) is 9.97 Å². The highest BCUT2D eigenvalue weighted by Gasteiger charge is 2.47. The van der Waals surface area contributed by atoms with E-state index in [0.29, 0.717) is 11.4 Å². The average molecular weight is 526 g/mol. The van der Waals surface area contributed by atoms with Crippen LogP contribution in [0.3, 0.4) is 0 Å². The molecular formula is C20H17Cl2N5O8. The number of nitrogens with zero attached hydrogens (tertiary/aromatic N) is 5. The van der Waals surface area contributed by atoms with Crippen molar-refractivity contribution in [3.8, 4) is 11.8 Å². The number of amides is 2. The van der Waals surface area contributed by atoms with E-state index in [1.165, 1.54) is 38.3 Å². The van der Waals surface area contributed by atoms with E-state index in [0.717, 1.165) is 4.90 Å². The maximum Gasteiger partial charge on any atom is 0.351 e. The van der Waals surface area contributed by atoms with Gasteiger partial charge in [-0.15, -0.1) is 0 Å². The molecule has 184 valence electrons. The minimum absolute atomic E-state index is 0.00523. The second-order valence-electron chi connectivity index (χ2n) is 7.20. The zero-order valence-electron chi connectivity index (χ0n) is 18.7. The molecule has 2 amide bonds. The molecule has 2 aliphatic rings. The molecule has 0 radical (unpaired) electrons. The maximum absolute atomic E-state index is 11.9. The van der Waals surface area contributed by atoms with Crippen LogP contribution in [0.15, 0.2) is 12.1 Å². The molecule has 13 nitrogen and oxygen atoms in total. The lowest BCUT2D eigenvalue weighted by atomic mass is 9.99. The lowest BCUT2D eigenvalue weighted by Crippen LogP contribution is -2.50. The van der Waals surface area contributed by atoms with Gasteiger partial charge in [0, 0.05) is 19.0 Å². The smallest absolute Gasteiger partial charge is 0.351 e. The predicted molar refractivity (Wildman–Crippen MR) is 122 cm³/mol. The van der Waals surface area contributed by atoms with E-state index in [9.17, 15) is 29.3 Å². The summed E-state index contributed by atoms with van der Waals surface area (Å²) < 4.78 is 9.82. The van der Waals surface area contributed by atoms with Crippen molar-refractivity contribution in [1.29, 1.82) is 0 Å². The highest BCUT2D eigenvalue weighted by Crippen LogP contribution is 2.34. The number of carbonyl (C=O) groups excluding carboxylic acids is 4. The summed E-state index contributed by atoms with van der Waals surface area (Å²) >= 11 is 11.7. The van der Waals surface area contributed by atoms with Gasteiger partial charge in [0.15, 0.2) is 11.6 Å². The topological polar surface area (TPSA) is 162 Å². The number of Topliss-reactive ketones (excluding diaryl/α,β-unsaturated/α-hetero) is 2. The minimum Gasteiger partial charge on any atom is -0.480 e. The zero-order valence-corrected chi connectivity index (χ0v) is 20.2. The molecule has 15 heteroatoms. The Morgan fingerprint density at radius 2 is 1.43 bits per heavy atom. The molecule has 2 aromatic rings. The Hall–Kier alpha value is -3.84. The van der Waals surface area contributed by atoms with E-state index >= 15 is 0 Å². The van der Waals surface area contributed by atoms with E-state index < -0.39 is 22.7 Å². The van der Waals surface area contributed by atoms with Crippen LogP contribution in [-0.4, -0.2) is 72.6 Å². The van der Waals surface area contributed by atoms with Gasteiger partial charge in [0.05, 0.1) is 31.8 Å². The summed E-state index contributed by atoms with van der Waals surface area (Å²) in [5, 5.41) is 11.1. The molecule has 1 atom stereocenters. The molecule has 1 unspecified atom stereocenters. The lowest BCUT2D eigenvalue weighted by Gasteiger charge is -2.25. The van der Waals surface area contributed by atoms with Gasteiger partial charge in [-0.2, -0.15) is 9.97 Å². The number of rotatable bonds is 3. The van der Waals surface area contributed by atoms with E-state index in [4.69, 9.17) is 32.7 Å². The summed E-state index contributed by atoms with van der Waals surface area (Å²) in [5.74, 6) is -1.90. The number of ether oxygens (including phenoxy) is 2. The highest BCUT2D eigenvalue weighted by molar-refractivity contribution is 6.33. The minimum atomic E-state index is -1.95. The van der Waals surface area contributed by atoms with Crippen LogP contribution in [0.4, 0.5) is 11.6 Å². The fraction of sp³-hybridized carbons (Fsp3) is 0.300. The number of hydrogen-bond acceptors (Lipinski definition) is 10. The van der Waals surface area contributed by atoms with Crippen LogP contribution >= 0.6 is 23.2 Å². The van der Waals surface area contributed by atoms with Crippen molar-refractivity contribution in [3.63, 3.8) is 0 Å². The Morgan fingerprint density at radius 1 is 0.943 bits per heavy atom. The van der Waals surface area contributed by atoms with Crippen LogP contribution in [0.5, 0.6) is 11.8 Å². The first-order valence-electron chi connectivity index (χ1n) is 9.66. The number of anilines is 2. The molecule has 0 bridgehead atoms. The number of methoxy groups -OCH3 is 2. The molecule has 4 rings (SSSR count). The first kappa shape index (κ1) is 25.8. The number of pyridine rings is 2. The number of nitro groups is 1. The molecule has 0 N–H and O–H groups in total. The number of aromatic nitrogens is 2. The van der Waals surface area contributed by atoms with Crippen molar-refractivity contribution in [2.24, 2.45) is 0 Å². The number of likely N-dealkylation sites (N-methyl/N-ethyl adjacent to an activating group) is 1. The molecular weight excluding hydrogens is 509 g/mol. The summed E-state index contributed by atoms with van der Waals surface area (Å²) in [6.45, 7) is 0. The first-order chi connectivity index (χ1) is 16.4. The van der Waals surface area contributed by atoms with Gasteiger partial charge in [-0.1, -0.05) is 23.2 Å². The molecule has 2 aromatic heterocycles. The highest BCUT2D eigenvalue weighted by atomic mass is 35.5. The number of halogens is 2. The zero-order chi connectivity index (χ0) is 26.2. The second kappa shape index (κ2) is 9.80. The summed E-state index contributed by atoms with van der Waals surface area (Å²) in [7, 11) is 5.61. The lowest BCUT2D eigenvalue weighted by molar-refractivity contribution is -0.491. The Balaban J connectivity index is 0.000000198. The van der Waals surface area contributed by atoms with Crippen molar-refractivity contribution in [3.05, 3.63) is 43.4 Å². The number of carbonyl (C=O) groups is 4. The molecule has 2 aliphatic heterocycles. The third kappa shape index (κ3) is 4.59. The Kier molecular flexibility index (Phi) is 7.22. The van der Waals surface area contributed by atoms with Gasteiger partial charge in [-0.05, 0) is 12.1 Å². The van der Waals surface area contributed by atoms with Crippen LogP contribution in [0, 0.1) is 10.1 Å². The average Bonchev–Trinajstić information content (AvgIpc) is 2.81. The van der Waals surface area contributed by atoms with E-state index in [-0.39, 0.29) is 51.3 Å². The Morgan fingerprint density at radius 3 is 1.91 bits per heavy atom. The summed E-state index contributed by atoms with van der Waals surface area (Å²) in [6, 6.07) is 0.738. The molecule has 0 aliphatic carbocycles. The third-order valence-electron chi connectivity index (χ3n) is 5.14. The molecule has 0 saturated carbocycles. The van der Waals surface area contributed by atoms with Crippen LogP contribution < -0.4 is 19.3 Å². The van der Waals surface area contributed by atoms with Gasteiger partial charge in [0.25, 0.3) is 0 Å². The normalized spacial score (nSPS) is 16.8. The van der Waals surface area contributed by atoms with Crippen LogP contribution in [0.2, 0.25) is 10.0 Å². The van der Waals surface area contributed by atoms with Crippen LogP contribution in [-0.2, 0) is 9.59 Å². The fourth-order valence-electron chi connectivity index (χ4n) is 3.31. The van der Waals surface area contributed by atoms with Gasteiger partial charge in [0.2, 0.25) is 23.5 Å². The van der Waals surface area contributed by atoms with Crippen LogP contribution in [0.1, 0.15) is 27.1 Å². The summed E-state index contributed by atoms with van der Waals surface area (Å²) in [5.41, 5.74) is 0.280. The Labute approximate surface area is 207 Å². The SMILES string of the molecule is COc1nc2c(cc1Cl)C(=O)C([N+](=O)[O-])C(=O)N2C.COc1nc2c(cc1Cl)C(=O)CC(=O)N2C. The molecule has 4 heterocycles. The molecule has 0 spiro atoms. The van der Waals surface area contributed by atoms with E-state index in [1.54, 1.807) is 7.05 Å². The van der Waals surface area contributed by atoms with Gasteiger partial charge < -0.3 is 9.47 Å². The molecule has 0 aromatic carbocycles. The molecule has 0 saturated heterocycles. The van der Waals surface area contributed by atoms with Gasteiger partial charge in [0.1, 0.15) is 15.9 Å². The van der Waals surface area contributed by atoms with Gasteiger partial charge >= 0.3 is 11.9 Å². The third-order valence-corrected chi connectivity index (χ3v) is 5.69. The van der Waals surface area contributed by atoms with Crippen LogP contribution in [0.25, 0.3) is 0 Å². The first-order valence-corrected chi connectivity index (χ1v) is 10.4. The van der Waals surface area contributed by atoms with Crippen molar-refractivity contribution in [2.45, 2.75) is 12.5 Å². The largest absolute Gasteiger partial charge is 0.480 e. The summed E-state index contributed by atoms with van der Waals surface area (Å²) in [6.07, 6.45) is -0.145. The maximum atomic E-state index is 11.9. The molecule has 0 fully saturated rings. The second-order valence-corrected chi connectivity index (χ2v) is 8.02. The van der Waals surface area contributed by atoms with Crippen molar-refractivity contribution < 1.29 is 33.6 Å². The number of fused-ring (bicyclic) bond motifs is 2. The van der Waals surface area contributed by atoms with E-state index in [1.807, 2.05) is 0 Å². The number of ketones is 2. The number of hydrogen-bond donors (Lipinski definition) is 0. The Bertz CT molecular complexity index is 1280. The molecule has 35 heavy (non-hydrogen) atoms. The van der Waals surface area contributed by atoms with Gasteiger partial charge in [-0.3, -0.25) is 39.1 Å². The van der Waals surface area contributed by atoms with Crippen molar-refractivity contribution in [2.75, 3.05) is 38.1 Å².